The van der Waals surface area contributed by atoms with Crippen LogP contribution in [0.1, 0.15) is 426 Å². The lowest BCUT2D eigenvalue weighted by Gasteiger charge is -1.93. The van der Waals surface area contributed by atoms with Gasteiger partial charge in [0.15, 0.2) is 6.39 Å². The van der Waals surface area contributed by atoms with Crippen LogP contribution in [0, 0.1) is 0 Å². The first-order chi connectivity index (χ1) is 67.6. The summed E-state index contributed by atoms with van der Waals surface area (Å²) in [6.07, 6.45) is 40.0. The Morgan fingerprint density at radius 3 is 1.35 bits per heavy atom. The first kappa shape index (κ1) is 151. The Hall–Kier alpha value is -8.05. The number of fused-ring (bicyclic) bond motifs is 11. The van der Waals surface area contributed by atoms with Gasteiger partial charge in [0.2, 0.25) is 0 Å². The number of aromatic amines is 3. The lowest BCUT2D eigenvalue weighted by Crippen LogP contribution is -1.77. The maximum atomic E-state index is 5.18. The summed E-state index contributed by atoms with van der Waals surface area (Å²) in [5, 5.41) is 8.10. The standard InChI is InChI=1S/C9H8.C8H7N.C8H6O.C8H6S.C7H9N.C7H8O.C7H8S.C6H8N2.C6H7NO.C6H7NS.C5H5NS2.22C2H6/c1-2-5-9-7-3-6-8(9)4-1;3*1-2-4-8-7(3-1)5-6-9-8;3*1-2-6-4-5-8-7(6)3-1;3*1-2-5-6(3-1)8-4-7-5;1-2-7-5-4(1)6-3-8-5;22*1-2/h1-6H,7H2;1-6,9H;2*1-6H;4-5,8H,1-3H2;2*4-5H,1-3H2;4H,1-3H2,(H,7,8);2*4H,1-3H2;3H,1-2H2;22*1-2H3. The number of furan rings is 2. The topological polar surface area (TPSA) is 138 Å². The van der Waals surface area contributed by atoms with E-state index in [1.807, 2.05) is 394 Å². The molecule has 4 aromatic carbocycles. The van der Waals surface area contributed by atoms with Gasteiger partial charge in [-0.25, -0.2) is 19.9 Å². The predicted molar refractivity (Wildman–Crippen MR) is 635 cm³/mol. The fraction of sp³-hybridized carbons (Fsp3) is 0.537. The maximum absolute atomic E-state index is 5.18. The number of oxazole rings is 1. The van der Waals surface area contributed by atoms with Gasteiger partial charge in [-0.05, 0) is 213 Å². The molecule has 0 unspecified atom stereocenters. The SMILES string of the molecule is C1=Cc2ccccc2C1.CC.CC.CC.CC.CC.CC.CC.CC.CC.CC.CC.CC.CC.CC.CC.CC.CC.CC.CC.CC.CC.CC.c1cc2c([nH]1)CCC2.c1cc2c(o1)CCC2.c1cc2c(s1)CCC2.c1ccc2[nH]ccc2c1.c1ccc2occc2c1.c1ccc2sccc2c1.c1nc2c([nH]1)CCC2.c1nc2c(o1)CCC2.c1nc2c(s1)CCC2.c1nc2c(s1)SCC2. The minimum atomic E-state index is 0.956. The normalized spacial score (nSPS) is 10.7. The van der Waals surface area contributed by atoms with E-state index in [0.717, 1.165) is 42.4 Å². The Morgan fingerprint density at radius 1 is 0.287 bits per heavy atom. The number of hydrogen-bond acceptors (Lipinski definition) is 12. The van der Waals surface area contributed by atoms with Gasteiger partial charge < -0.3 is 28.2 Å². The van der Waals surface area contributed by atoms with Crippen LogP contribution in [0.3, 0.4) is 0 Å². The molecule has 778 valence electrons. The van der Waals surface area contributed by atoms with Crippen molar-refractivity contribution in [1.82, 2.24) is 34.9 Å². The molecule has 14 aromatic rings. The summed E-state index contributed by atoms with van der Waals surface area (Å²) >= 11 is 9.19. The number of thioether (sulfide) groups is 1. The first-order valence-corrected chi connectivity index (χ1v) is 58.9. The van der Waals surface area contributed by atoms with E-state index in [4.69, 9.17) is 13.3 Å². The highest BCUT2D eigenvalue weighted by Gasteiger charge is 2.17. The van der Waals surface area contributed by atoms with Gasteiger partial charge in [-0.2, -0.15) is 0 Å². The third-order valence-corrected chi connectivity index (χ3v) is 22.0. The molecule has 22 rings (SSSR count). The molecule has 15 heteroatoms. The van der Waals surface area contributed by atoms with Gasteiger partial charge in [0.05, 0.1) is 56.9 Å². The van der Waals surface area contributed by atoms with Crippen LogP contribution in [0.15, 0.2) is 216 Å². The Labute approximate surface area is 862 Å². The van der Waals surface area contributed by atoms with Gasteiger partial charge in [0, 0.05) is 74.2 Å². The van der Waals surface area contributed by atoms with Crippen LogP contribution < -0.4 is 0 Å². The number of thiophene rings is 2. The number of H-pyrrole nitrogens is 3. The van der Waals surface area contributed by atoms with Crippen molar-refractivity contribution in [3.05, 3.63) is 282 Å². The molecule has 0 saturated heterocycles. The van der Waals surface area contributed by atoms with Crippen molar-refractivity contribution < 1.29 is 13.3 Å². The molecular formula is C121H211N7O3S5. The van der Waals surface area contributed by atoms with E-state index in [0.29, 0.717) is 0 Å². The number of thiazole rings is 2. The number of rotatable bonds is 0. The van der Waals surface area contributed by atoms with Gasteiger partial charge in [-0.1, -0.05) is 396 Å². The second-order valence-electron chi connectivity index (χ2n) is 23.1. The fourth-order valence-corrected chi connectivity index (χ4v) is 16.7. The van der Waals surface area contributed by atoms with Gasteiger partial charge in [0.1, 0.15) is 17.1 Å². The molecule has 8 aliphatic rings. The number of para-hydroxylation sites is 2. The molecule has 1 aliphatic heterocycles. The molecule has 7 aliphatic carbocycles. The molecule has 0 bridgehead atoms. The van der Waals surface area contributed by atoms with Gasteiger partial charge in [0.25, 0.3) is 0 Å². The molecule has 0 amide bonds. The van der Waals surface area contributed by atoms with Crippen molar-refractivity contribution in [1.29, 1.82) is 0 Å². The smallest absolute Gasteiger partial charge is 0.181 e. The Balaban J connectivity index is -0.000000135. The van der Waals surface area contributed by atoms with E-state index in [-0.39, 0.29) is 0 Å². The Kier molecular flexibility index (Phi) is 136. The number of nitrogens with one attached hydrogen (secondary N) is 3. The molecule has 0 atom stereocenters. The summed E-state index contributed by atoms with van der Waals surface area (Å²) in [6, 6.07) is 45.7. The molecule has 10 nitrogen and oxygen atoms in total. The minimum absolute atomic E-state index is 0.956. The molecule has 11 heterocycles. The summed E-state index contributed by atoms with van der Waals surface area (Å²) in [4.78, 5) is 29.2. The zero-order valence-corrected chi connectivity index (χ0v) is 100. The van der Waals surface area contributed by atoms with Crippen molar-refractivity contribution in [2.45, 2.75) is 437 Å². The molecule has 0 spiro atoms. The maximum Gasteiger partial charge on any atom is 0.181 e. The van der Waals surface area contributed by atoms with Crippen molar-refractivity contribution in [2.24, 2.45) is 0 Å². The highest BCUT2D eigenvalue weighted by Crippen LogP contribution is 2.34. The van der Waals surface area contributed by atoms with Crippen LogP contribution in [-0.4, -0.2) is 40.6 Å². The highest BCUT2D eigenvalue weighted by molar-refractivity contribution is 8.01. The summed E-state index contributed by atoms with van der Waals surface area (Å²) in [5.41, 5.74) is 21.4. The minimum Gasteiger partial charge on any atom is -0.469 e. The van der Waals surface area contributed by atoms with Crippen LogP contribution in [0.25, 0.3) is 38.0 Å². The quantitative estimate of drug-likeness (QED) is 0.136. The number of imidazole rings is 1. The second kappa shape index (κ2) is 123. The average molecular weight is 1970 g/mol. The van der Waals surface area contributed by atoms with E-state index in [2.05, 4.69) is 149 Å². The van der Waals surface area contributed by atoms with Crippen molar-refractivity contribution >= 4 is 95.1 Å². The zero-order valence-electron chi connectivity index (χ0n) is 96.0. The zero-order chi connectivity index (χ0) is 106. The van der Waals surface area contributed by atoms with Crippen molar-refractivity contribution in [3.8, 4) is 0 Å². The molecular weight excluding hydrogens is 1760 g/mol. The van der Waals surface area contributed by atoms with Gasteiger partial charge in [-0.3, -0.25) is 0 Å². The predicted octanol–water partition coefficient (Wildman–Crippen LogP) is 43.3. The second-order valence-corrected chi connectivity index (χ2v) is 28.2. The van der Waals surface area contributed by atoms with Crippen LogP contribution in [0.4, 0.5) is 0 Å². The van der Waals surface area contributed by atoms with Crippen LogP contribution in [0.2, 0.25) is 0 Å². The largest absolute Gasteiger partial charge is 0.469 e. The van der Waals surface area contributed by atoms with Crippen molar-refractivity contribution in [2.75, 3.05) is 5.75 Å². The molecule has 10 aromatic heterocycles. The third-order valence-electron chi connectivity index (χ3n) is 17.0. The molecule has 3 N–H and O–H groups in total. The van der Waals surface area contributed by atoms with E-state index in [1.165, 1.54) is 207 Å². The average Bonchev–Trinajstić information content (AvgIpc) is 1.73. The number of aromatic nitrogens is 7. The fourth-order valence-electron chi connectivity index (χ4n) is 12.1. The highest BCUT2D eigenvalue weighted by atomic mass is 32.2. The lowest BCUT2D eigenvalue weighted by molar-refractivity contribution is 0.508. The third kappa shape index (κ3) is 66.5. The number of allylic oxidation sites excluding steroid dienone is 1. The number of nitrogens with zero attached hydrogens (tertiary/aromatic N) is 4. The molecule has 0 radical (unpaired) electrons. The summed E-state index contributed by atoms with van der Waals surface area (Å²) < 4.78 is 18.2. The molecule has 0 fully saturated rings. The molecule has 0 saturated carbocycles. The van der Waals surface area contributed by atoms with Crippen LogP contribution in [-0.2, 0) is 89.9 Å². The Bertz CT molecular complexity index is 3660. The Morgan fingerprint density at radius 2 is 0.772 bits per heavy atom. The van der Waals surface area contributed by atoms with Crippen LogP contribution >= 0.6 is 57.1 Å². The number of aryl methyl sites for hydroxylation is 13. The van der Waals surface area contributed by atoms with E-state index in [1.54, 1.807) is 63.3 Å². The van der Waals surface area contributed by atoms with E-state index >= 15 is 0 Å². The van der Waals surface area contributed by atoms with Crippen LogP contribution in [0.5, 0.6) is 0 Å². The van der Waals surface area contributed by atoms with E-state index < -0.39 is 0 Å². The molecule has 136 heavy (non-hydrogen) atoms. The van der Waals surface area contributed by atoms with Gasteiger partial charge >= 0.3 is 0 Å². The monoisotopic (exact) mass is 1970 g/mol. The van der Waals surface area contributed by atoms with Crippen molar-refractivity contribution in [3.63, 3.8) is 0 Å². The summed E-state index contributed by atoms with van der Waals surface area (Å²) in [7, 11) is 0. The first-order valence-electron chi connectivity index (χ1n) is 54.4. The lowest BCUT2D eigenvalue weighted by atomic mass is 10.1. The number of hydrogen-bond donors (Lipinski definition) is 3. The number of benzene rings is 4. The van der Waals surface area contributed by atoms with E-state index in [9.17, 15) is 0 Å². The summed E-state index contributed by atoms with van der Waals surface area (Å²) in [6.45, 7) is 88.0. The van der Waals surface area contributed by atoms with Gasteiger partial charge in [-0.15, -0.1) is 57.1 Å². The summed E-state index contributed by atoms with van der Waals surface area (Å²) in [5.74, 6) is 3.56.